The quantitative estimate of drug-likeness (QED) is 0.485. The fraction of sp³-hybridized carbons (Fsp3) is 1.00. The average molecular weight is 299 g/mol. The zero-order chi connectivity index (χ0) is 9.23. The Kier molecular flexibility index (Phi) is 15.7. The predicted octanol–water partition coefficient (Wildman–Crippen LogP) is 3.92. The highest BCUT2D eigenvalue weighted by molar-refractivity contribution is 14.0. The lowest BCUT2D eigenvalue weighted by Crippen LogP contribution is -2.20. The average Bonchev–Trinajstić information content (AvgIpc) is 2.09. The van der Waals surface area contributed by atoms with Gasteiger partial charge in [-0.1, -0.05) is 39.5 Å². The molecule has 0 radical (unpaired) electrons. The first-order valence-electron chi connectivity index (χ1n) is 5.49. The summed E-state index contributed by atoms with van der Waals surface area (Å²) in [5.41, 5.74) is 0. The van der Waals surface area contributed by atoms with Gasteiger partial charge in [-0.3, -0.25) is 0 Å². The van der Waals surface area contributed by atoms with Gasteiger partial charge in [0.15, 0.2) is 0 Å². The maximum Gasteiger partial charge on any atom is -0.00218 e. The Bertz CT molecular complexity index is 86.2. The van der Waals surface area contributed by atoms with Crippen LogP contribution in [0.5, 0.6) is 0 Å². The zero-order valence-electron chi connectivity index (χ0n) is 9.51. The van der Waals surface area contributed by atoms with Crippen molar-refractivity contribution in [2.24, 2.45) is 0 Å². The summed E-state index contributed by atoms with van der Waals surface area (Å²) in [5.74, 6) is 0. The van der Waals surface area contributed by atoms with E-state index in [9.17, 15) is 0 Å². The molecule has 82 valence electrons. The van der Waals surface area contributed by atoms with Crippen molar-refractivity contribution in [2.75, 3.05) is 20.1 Å². The molecule has 0 saturated carbocycles. The van der Waals surface area contributed by atoms with Gasteiger partial charge in [-0.15, -0.1) is 24.0 Å². The van der Waals surface area contributed by atoms with Crippen LogP contribution >= 0.6 is 24.0 Å². The second kappa shape index (κ2) is 12.7. The molecule has 0 rings (SSSR count). The van der Waals surface area contributed by atoms with Crippen molar-refractivity contribution < 1.29 is 0 Å². The molecule has 0 saturated heterocycles. The van der Waals surface area contributed by atoms with E-state index < -0.39 is 0 Å². The maximum absolute atomic E-state index is 2.46. The molecular weight excluding hydrogens is 273 g/mol. The summed E-state index contributed by atoms with van der Waals surface area (Å²) in [6.45, 7) is 7.09. The highest BCUT2D eigenvalue weighted by Crippen LogP contribution is 2.00. The van der Waals surface area contributed by atoms with Gasteiger partial charge in [0.1, 0.15) is 0 Å². The molecule has 0 heterocycles. The first-order chi connectivity index (χ1) is 5.81. The fourth-order valence-electron chi connectivity index (χ4n) is 1.35. The van der Waals surface area contributed by atoms with Gasteiger partial charge >= 0.3 is 0 Å². The van der Waals surface area contributed by atoms with Crippen LogP contribution in [0.2, 0.25) is 0 Å². The minimum Gasteiger partial charge on any atom is -0.306 e. The molecule has 13 heavy (non-hydrogen) atoms. The van der Waals surface area contributed by atoms with E-state index >= 15 is 0 Å². The smallest absolute Gasteiger partial charge is 0.00218 e. The molecule has 0 bridgehead atoms. The largest absolute Gasteiger partial charge is 0.306 e. The van der Waals surface area contributed by atoms with Crippen molar-refractivity contribution in [1.82, 2.24) is 4.90 Å². The summed E-state index contributed by atoms with van der Waals surface area (Å²) in [6, 6.07) is 0. The van der Waals surface area contributed by atoms with Crippen LogP contribution in [-0.4, -0.2) is 25.0 Å². The van der Waals surface area contributed by atoms with Crippen molar-refractivity contribution in [3.63, 3.8) is 0 Å². The lowest BCUT2D eigenvalue weighted by molar-refractivity contribution is 0.319. The van der Waals surface area contributed by atoms with E-state index in [1.807, 2.05) is 0 Å². The van der Waals surface area contributed by atoms with Crippen LogP contribution in [0.4, 0.5) is 0 Å². The Balaban J connectivity index is 0. The number of nitrogens with zero attached hydrogens (tertiary/aromatic N) is 1. The Labute approximate surface area is 101 Å². The molecule has 0 amide bonds. The summed E-state index contributed by atoms with van der Waals surface area (Å²) in [5, 5.41) is 0. The molecule has 0 aromatic heterocycles. The number of rotatable bonds is 8. The molecule has 0 aromatic rings. The third-order valence-corrected chi connectivity index (χ3v) is 2.29. The minimum absolute atomic E-state index is 0. The number of hydrogen-bond acceptors (Lipinski definition) is 1. The normalized spacial score (nSPS) is 10.2. The summed E-state index contributed by atoms with van der Waals surface area (Å²) in [4.78, 5) is 2.46. The van der Waals surface area contributed by atoms with Gasteiger partial charge < -0.3 is 4.90 Å². The minimum atomic E-state index is 0. The highest BCUT2D eigenvalue weighted by atomic mass is 127. The van der Waals surface area contributed by atoms with Gasteiger partial charge in [0, 0.05) is 0 Å². The second-order valence-corrected chi connectivity index (χ2v) is 3.72. The van der Waals surface area contributed by atoms with Crippen LogP contribution in [0.25, 0.3) is 0 Å². The molecular formula is C11H26IN. The molecule has 0 spiro atoms. The van der Waals surface area contributed by atoms with E-state index in [-0.39, 0.29) is 24.0 Å². The van der Waals surface area contributed by atoms with Crippen LogP contribution < -0.4 is 0 Å². The maximum atomic E-state index is 2.46. The van der Waals surface area contributed by atoms with Gasteiger partial charge in [-0.05, 0) is 33.0 Å². The Morgan fingerprint density at radius 2 is 1.31 bits per heavy atom. The van der Waals surface area contributed by atoms with Crippen LogP contribution in [0.1, 0.15) is 52.4 Å². The van der Waals surface area contributed by atoms with Crippen molar-refractivity contribution in [2.45, 2.75) is 52.4 Å². The van der Waals surface area contributed by atoms with E-state index in [0.29, 0.717) is 0 Å². The fourth-order valence-corrected chi connectivity index (χ4v) is 1.35. The first kappa shape index (κ1) is 16.1. The molecule has 0 aliphatic rings. The molecule has 0 aliphatic heterocycles. The van der Waals surface area contributed by atoms with Crippen molar-refractivity contribution in [3.05, 3.63) is 0 Å². The number of unbranched alkanes of at least 4 members (excludes halogenated alkanes) is 4. The summed E-state index contributed by atoms with van der Waals surface area (Å²) in [7, 11) is 2.24. The number of hydrogen-bond donors (Lipinski definition) is 0. The summed E-state index contributed by atoms with van der Waals surface area (Å²) in [6.07, 6.45) is 8.21. The topological polar surface area (TPSA) is 3.24 Å². The summed E-state index contributed by atoms with van der Waals surface area (Å²) < 4.78 is 0. The predicted molar refractivity (Wildman–Crippen MR) is 72.0 cm³/mol. The van der Waals surface area contributed by atoms with Crippen molar-refractivity contribution in [3.8, 4) is 0 Å². The third kappa shape index (κ3) is 12.7. The van der Waals surface area contributed by atoms with Crippen molar-refractivity contribution >= 4 is 24.0 Å². The van der Waals surface area contributed by atoms with Gasteiger partial charge in [-0.25, -0.2) is 0 Å². The van der Waals surface area contributed by atoms with E-state index in [0.717, 1.165) is 0 Å². The van der Waals surface area contributed by atoms with Gasteiger partial charge in [0.2, 0.25) is 0 Å². The van der Waals surface area contributed by atoms with Crippen LogP contribution in [0.3, 0.4) is 0 Å². The van der Waals surface area contributed by atoms with Crippen LogP contribution in [0, 0.1) is 0 Å². The first-order valence-corrected chi connectivity index (χ1v) is 5.49. The molecule has 2 heteroatoms. The molecule has 0 fully saturated rings. The van der Waals surface area contributed by atoms with Crippen molar-refractivity contribution in [1.29, 1.82) is 0 Å². The highest BCUT2D eigenvalue weighted by Gasteiger charge is 1.95. The third-order valence-electron chi connectivity index (χ3n) is 2.29. The summed E-state index contributed by atoms with van der Waals surface area (Å²) >= 11 is 0. The monoisotopic (exact) mass is 299 g/mol. The Morgan fingerprint density at radius 1 is 0.769 bits per heavy atom. The van der Waals surface area contributed by atoms with E-state index in [1.54, 1.807) is 0 Å². The van der Waals surface area contributed by atoms with Crippen LogP contribution in [-0.2, 0) is 0 Å². The van der Waals surface area contributed by atoms with E-state index in [1.165, 1.54) is 51.6 Å². The zero-order valence-corrected chi connectivity index (χ0v) is 11.8. The molecule has 1 nitrogen and oxygen atoms in total. The lowest BCUT2D eigenvalue weighted by atomic mass is 10.2. The van der Waals surface area contributed by atoms with Gasteiger partial charge in [0.05, 0.1) is 0 Å². The van der Waals surface area contributed by atoms with E-state index in [2.05, 4.69) is 25.8 Å². The molecule has 0 atom stereocenters. The van der Waals surface area contributed by atoms with Crippen LogP contribution in [0.15, 0.2) is 0 Å². The molecule has 0 unspecified atom stereocenters. The Morgan fingerprint density at radius 3 is 1.85 bits per heavy atom. The standard InChI is InChI=1S/C11H25N.HI/c1-4-6-8-9-11-12(3)10-7-5-2;/h4-11H2,1-3H3;1H. The Hall–Kier alpha value is 0.690. The SMILES string of the molecule is CCCCCCN(C)CCCC.I. The lowest BCUT2D eigenvalue weighted by Gasteiger charge is -2.15. The number of halogens is 1. The molecule has 0 aliphatic carbocycles. The van der Waals surface area contributed by atoms with E-state index in [4.69, 9.17) is 0 Å². The van der Waals surface area contributed by atoms with Gasteiger partial charge in [-0.2, -0.15) is 0 Å². The van der Waals surface area contributed by atoms with Gasteiger partial charge in [0.25, 0.3) is 0 Å². The molecule has 0 aromatic carbocycles. The molecule has 0 N–H and O–H groups in total. The second-order valence-electron chi connectivity index (χ2n) is 3.72.